The molecule has 0 amide bonds. The van der Waals surface area contributed by atoms with Crippen LogP contribution in [0.5, 0.6) is 0 Å². The number of nitrogens with zero attached hydrogens (tertiary/aromatic N) is 6. The molecule has 206 valence electrons. The maximum absolute atomic E-state index is 5.11. The van der Waals surface area contributed by atoms with Crippen molar-refractivity contribution in [3.63, 3.8) is 0 Å². The molecule has 0 unspecified atom stereocenters. The van der Waals surface area contributed by atoms with E-state index in [1.54, 1.807) is 0 Å². The molecule has 0 aliphatic rings. The van der Waals surface area contributed by atoms with Gasteiger partial charge in [0.25, 0.3) is 0 Å². The Morgan fingerprint density at radius 1 is 0.455 bits per heavy atom. The van der Waals surface area contributed by atoms with E-state index < -0.39 is 0 Å². The van der Waals surface area contributed by atoms with Crippen LogP contribution in [0.15, 0.2) is 146 Å². The SMILES string of the molecule is c1cc(-c2cccc(-c3cccc(-n4c5ccccc5c5ncccc54)n3)n2)cc(-n2c3ccccc3c3cnccc32)c1. The lowest BCUT2D eigenvalue weighted by molar-refractivity contribution is 1.08. The maximum atomic E-state index is 5.11. The van der Waals surface area contributed by atoms with Crippen LogP contribution >= 0.6 is 0 Å². The topological polar surface area (TPSA) is 61.4 Å². The van der Waals surface area contributed by atoms with Crippen LogP contribution in [0.2, 0.25) is 0 Å². The fourth-order valence-corrected chi connectivity index (χ4v) is 6.36. The zero-order chi connectivity index (χ0) is 29.0. The third-order valence-corrected chi connectivity index (χ3v) is 8.28. The predicted octanol–water partition coefficient (Wildman–Crippen LogP) is 8.79. The molecule has 0 atom stereocenters. The molecule has 0 bridgehead atoms. The number of rotatable bonds is 4. The molecule has 9 aromatic rings. The Hall–Kier alpha value is -6.14. The summed E-state index contributed by atoms with van der Waals surface area (Å²) in [4.78, 5) is 19.3. The summed E-state index contributed by atoms with van der Waals surface area (Å²) in [5, 5.41) is 3.43. The molecule has 0 radical (unpaired) electrons. The Balaban J connectivity index is 1.15. The highest BCUT2D eigenvalue weighted by atomic mass is 15.1. The van der Waals surface area contributed by atoms with E-state index in [2.05, 4.69) is 110 Å². The van der Waals surface area contributed by atoms with E-state index >= 15 is 0 Å². The average molecular weight is 565 g/mol. The maximum Gasteiger partial charge on any atom is 0.138 e. The molecule has 0 saturated heterocycles. The van der Waals surface area contributed by atoms with E-state index in [9.17, 15) is 0 Å². The third kappa shape index (κ3) is 3.75. The summed E-state index contributed by atoms with van der Waals surface area (Å²) in [5.41, 5.74) is 9.97. The number of benzene rings is 3. The van der Waals surface area contributed by atoms with Gasteiger partial charge < -0.3 is 4.57 Å². The quantitative estimate of drug-likeness (QED) is 0.214. The van der Waals surface area contributed by atoms with Gasteiger partial charge in [0.05, 0.1) is 44.7 Å². The number of pyridine rings is 4. The number of para-hydroxylation sites is 2. The molecular weight excluding hydrogens is 540 g/mol. The van der Waals surface area contributed by atoms with Crippen molar-refractivity contribution in [2.45, 2.75) is 0 Å². The Morgan fingerprint density at radius 3 is 2.07 bits per heavy atom. The van der Waals surface area contributed by atoms with Gasteiger partial charge in [0.1, 0.15) is 5.82 Å². The number of aromatic nitrogens is 6. The fourth-order valence-electron chi connectivity index (χ4n) is 6.36. The lowest BCUT2D eigenvalue weighted by atomic mass is 10.1. The van der Waals surface area contributed by atoms with Crippen LogP contribution in [0.1, 0.15) is 0 Å². The summed E-state index contributed by atoms with van der Waals surface area (Å²) in [6, 6.07) is 43.7. The highest BCUT2D eigenvalue weighted by molar-refractivity contribution is 6.09. The van der Waals surface area contributed by atoms with Gasteiger partial charge in [-0.05, 0) is 66.7 Å². The number of hydrogen-bond acceptors (Lipinski definition) is 4. The Kier molecular flexibility index (Phi) is 5.40. The first-order valence-electron chi connectivity index (χ1n) is 14.6. The molecule has 0 aliphatic carbocycles. The highest BCUT2D eigenvalue weighted by Crippen LogP contribution is 2.34. The number of fused-ring (bicyclic) bond motifs is 6. The predicted molar refractivity (Wildman–Crippen MR) is 177 cm³/mol. The van der Waals surface area contributed by atoms with Crippen molar-refractivity contribution in [3.8, 4) is 34.2 Å². The molecule has 9 rings (SSSR count). The largest absolute Gasteiger partial charge is 0.309 e. The summed E-state index contributed by atoms with van der Waals surface area (Å²) >= 11 is 0. The molecule has 44 heavy (non-hydrogen) atoms. The van der Waals surface area contributed by atoms with Crippen LogP contribution in [-0.4, -0.2) is 29.1 Å². The normalized spacial score (nSPS) is 11.6. The van der Waals surface area contributed by atoms with Crippen LogP contribution < -0.4 is 0 Å². The van der Waals surface area contributed by atoms with Gasteiger partial charge in [-0.2, -0.15) is 0 Å². The third-order valence-electron chi connectivity index (χ3n) is 8.28. The molecule has 6 aromatic heterocycles. The van der Waals surface area contributed by atoms with E-state index in [0.717, 1.165) is 72.5 Å². The number of hydrogen-bond donors (Lipinski definition) is 0. The Bertz CT molecular complexity index is 2240. The minimum atomic E-state index is 0.810. The van der Waals surface area contributed by atoms with Gasteiger partial charge in [-0.3, -0.25) is 14.5 Å². The van der Waals surface area contributed by atoms with E-state index in [-0.39, 0.29) is 0 Å². The molecule has 6 heteroatoms. The Labute approximate surface area is 252 Å². The molecule has 0 aliphatic heterocycles. The van der Waals surface area contributed by atoms with Crippen LogP contribution in [0, 0.1) is 0 Å². The molecule has 0 saturated carbocycles. The van der Waals surface area contributed by atoms with Crippen LogP contribution in [0.3, 0.4) is 0 Å². The van der Waals surface area contributed by atoms with Crippen LogP contribution in [0.25, 0.3) is 77.9 Å². The van der Waals surface area contributed by atoms with Crippen molar-refractivity contribution in [1.29, 1.82) is 0 Å². The van der Waals surface area contributed by atoms with Gasteiger partial charge in [0.15, 0.2) is 0 Å². The van der Waals surface area contributed by atoms with Gasteiger partial charge in [-0.1, -0.05) is 60.7 Å². The van der Waals surface area contributed by atoms with Crippen molar-refractivity contribution in [1.82, 2.24) is 29.1 Å². The van der Waals surface area contributed by atoms with Gasteiger partial charge in [0, 0.05) is 46.0 Å². The Morgan fingerprint density at radius 2 is 1.16 bits per heavy atom. The summed E-state index contributed by atoms with van der Waals surface area (Å²) in [5.74, 6) is 0.830. The molecule has 0 spiro atoms. The molecule has 3 aromatic carbocycles. The van der Waals surface area contributed by atoms with E-state index in [0.29, 0.717) is 0 Å². The van der Waals surface area contributed by atoms with Gasteiger partial charge in [0.2, 0.25) is 0 Å². The summed E-state index contributed by atoms with van der Waals surface area (Å²) in [7, 11) is 0. The minimum Gasteiger partial charge on any atom is -0.309 e. The van der Waals surface area contributed by atoms with E-state index in [1.165, 1.54) is 5.39 Å². The zero-order valence-electron chi connectivity index (χ0n) is 23.5. The van der Waals surface area contributed by atoms with Crippen LogP contribution in [0.4, 0.5) is 0 Å². The average Bonchev–Trinajstić information content (AvgIpc) is 3.62. The van der Waals surface area contributed by atoms with Crippen molar-refractivity contribution in [3.05, 3.63) is 146 Å². The fraction of sp³-hybridized carbons (Fsp3) is 0. The van der Waals surface area contributed by atoms with E-state index in [4.69, 9.17) is 9.97 Å². The highest BCUT2D eigenvalue weighted by Gasteiger charge is 2.15. The first-order chi connectivity index (χ1) is 21.8. The van der Waals surface area contributed by atoms with Gasteiger partial charge >= 0.3 is 0 Å². The molecule has 0 N–H and O–H groups in total. The summed E-state index contributed by atoms with van der Waals surface area (Å²) in [6.45, 7) is 0. The standard InChI is InChI=1S/C38H24N6/c1-3-16-33-27(11-1)29-24-39-22-20-35(29)43(33)26-10-5-9-25(23-26)30-13-6-14-31(41-30)32-15-7-19-37(42-32)44-34-17-4-2-12-28(34)38-36(44)18-8-21-40-38/h1-24H. The van der Waals surface area contributed by atoms with Crippen molar-refractivity contribution >= 4 is 43.7 Å². The monoisotopic (exact) mass is 564 g/mol. The summed E-state index contributed by atoms with van der Waals surface area (Å²) < 4.78 is 4.47. The van der Waals surface area contributed by atoms with Crippen molar-refractivity contribution < 1.29 is 0 Å². The molecular formula is C38H24N6. The second kappa shape index (κ2) is 9.71. The smallest absolute Gasteiger partial charge is 0.138 e. The van der Waals surface area contributed by atoms with Crippen molar-refractivity contribution in [2.75, 3.05) is 0 Å². The van der Waals surface area contributed by atoms with Crippen LogP contribution in [-0.2, 0) is 0 Å². The second-order valence-electron chi connectivity index (χ2n) is 10.8. The molecule has 6 heterocycles. The first kappa shape index (κ1) is 24.5. The molecule has 0 fully saturated rings. The van der Waals surface area contributed by atoms with Gasteiger partial charge in [-0.25, -0.2) is 9.97 Å². The lowest BCUT2D eigenvalue weighted by Crippen LogP contribution is -1.99. The summed E-state index contributed by atoms with van der Waals surface area (Å²) in [6.07, 6.45) is 5.63. The van der Waals surface area contributed by atoms with E-state index in [1.807, 2.05) is 55.0 Å². The second-order valence-corrected chi connectivity index (χ2v) is 10.8. The van der Waals surface area contributed by atoms with Gasteiger partial charge in [-0.15, -0.1) is 0 Å². The lowest BCUT2D eigenvalue weighted by Gasteiger charge is -2.11. The first-order valence-corrected chi connectivity index (χ1v) is 14.6. The zero-order valence-corrected chi connectivity index (χ0v) is 23.5. The van der Waals surface area contributed by atoms with Crippen molar-refractivity contribution in [2.24, 2.45) is 0 Å². The molecule has 6 nitrogen and oxygen atoms in total. The minimum absolute atomic E-state index is 0.810.